The molecule has 7 nitrogen and oxygen atoms in total. The topological polar surface area (TPSA) is 113 Å². The highest BCUT2D eigenvalue weighted by molar-refractivity contribution is 6.44. The second-order valence-electron chi connectivity index (χ2n) is 4.78. The molecule has 3 amide bonds. The van der Waals surface area contributed by atoms with Crippen molar-refractivity contribution in [2.75, 3.05) is 17.3 Å². The van der Waals surface area contributed by atoms with Crippen molar-refractivity contribution in [1.29, 1.82) is 0 Å². The maximum atomic E-state index is 12.1. The zero-order valence-corrected chi connectivity index (χ0v) is 12.3. The zero-order chi connectivity index (χ0) is 17.0. The van der Waals surface area contributed by atoms with Crippen LogP contribution in [0.2, 0.25) is 0 Å². The number of anilines is 2. The van der Waals surface area contributed by atoms with Crippen molar-refractivity contribution in [2.24, 2.45) is 5.73 Å². The van der Waals surface area contributed by atoms with Gasteiger partial charge < -0.3 is 21.1 Å². The summed E-state index contributed by atoms with van der Waals surface area (Å²) in [6.45, 7) is 0. The number of nitrogens with two attached hydrogens (primary N) is 1. The van der Waals surface area contributed by atoms with Crippen molar-refractivity contribution in [3.63, 3.8) is 0 Å². The minimum Gasteiger partial charge on any atom is -0.508 e. The van der Waals surface area contributed by atoms with Crippen LogP contribution in [-0.4, -0.2) is 29.9 Å². The van der Waals surface area contributed by atoms with E-state index in [0.717, 1.165) is 4.90 Å². The number of hydrogen-bond acceptors (Lipinski definition) is 4. The van der Waals surface area contributed by atoms with E-state index in [-0.39, 0.29) is 5.75 Å². The number of nitrogens with one attached hydrogen (secondary N) is 1. The standard InChI is InChI=1S/C16H15N3O4/c1-19(12-6-8-13(20)9-7-12)16(23)15(22)18-11-4-2-10(3-5-11)14(17)21/h2-9,20H,1H3,(H2,17,21)(H,18,22). The van der Waals surface area contributed by atoms with Crippen molar-refractivity contribution in [3.05, 3.63) is 54.1 Å². The van der Waals surface area contributed by atoms with Crippen LogP contribution in [0, 0.1) is 0 Å². The summed E-state index contributed by atoms with van der Waals surface area (Å²) in [5.41, 5.74) is 6.26. The summed E-state index contributed by atoms with van der Waals surface area (Å²) in [4.78, 5) is 36.2. The molecule has 0 aliphatic heterocycles. The lowest BCUT2D eigenvalue weighted by Gasteiger charge is -2.16. The highest BCUT2D eigenvalue weighted by Gasteiger charge is 2.20. The van der Waals surface area contributed by atoms with E-state index in [4.69, 9.17) is 5.73 Å². The zero-order valence-electron chi connectivity index (χ0n) is 12.3. The Morgan fingerprint density at radius 2 is 1.57 bits per heavy atom. The van der Waals surface area contributed by atoms with Gasteiger partial charge in [-0.3, -0.25) is 14.4 Å². The largest absolute Gasteiger partial charge is 0.508 e. The molecule has 0 unspecified atom stereocenters. The number of rotatable bonds is 3. The van der Waals surface area contributed by atoms with Crippen LogP contribution in [0.5, 0.6) is 5.75 Å². The van der Waals surface area contributed by atoms with E-state index >= 15 is 0 Å². The molecular weight excluding hydrogens is 298 g/mol. The van der Waals surface area contributed by atoms with Gasteiger partial charge in [-0.05, 0) is 48.5 Å². The van der Waals surface area contributed by atoms with Crippen LogP contribution in [0.3, 0.4) is 0 Å². The molecule has 0 radical (unpaired) electrons. The molecule has 2 rings (SSSR count). The minimum absolute atomic E-state index is 0.0635. The second-order valence-corrected chi connectivity index (χ2v) is 4.78. The van der Waals surface area contributed by atoms with E-state index < -0.39 is 17.7 Å². The number of hydrogen-bond donors (Lipinski definition) is 3. The first kappa shape index (κ1) is 16.0. The van der Waals surface area contributed by atoms with Crippen molar-refractivity contribution in [1.82, 2.24) is 0 Å². The predicted octanol–water partition coefficient (Wildman–Crippen LogP) is 1.09. The summed E-state index contributed by atoms with van der Waals surface area (Å²) < 4.78 is 0. The monoisotopic (exact) mass is 313 g/mol. The molecule has 0 fully saturated rings. The third kappa shape index (κ3) is 3.85. The van der Waals surface area contributed by atoms with E-state index in [1.807, 2.05) is 0 Å². The summed E-state index contributed by atoms with van der Waals surface area (Å²) in [6.07, 6.45) is 0. The van der Waals surface area contributed by atoms with Gasteiger partial charge in [0.05, 0.1) is 0 Å². The lowest BCUT2D eigenvalue weighted by atomic mass is 10.2. The molecule has 0 saturated heterocycles. The van der Waals surface area contributed by atoms with E-state index in [1.165, 1.54) is 55.6 Å². The van der Waals surface area contributed by atoms with Crippen LogP contribution in [0.15, 0.2) is 48.5 Å². The van der Waals surface area contributed by atoms with Gasteiger partial charge in [0.1, 0.15) is 5.75 Å². The van der Waals surface area contributed by atoms with Gasteiger partial charge in [-0.15, -0.1) is 0 Å². The molecule has 0 aliphatic rings. The highest BCUT2D eigenvalue weighted by atomic mass is 16.3. The number of phenolic OH excluding ortho intramolecular Hbond substituents is 1. The van der Waals surface area contributed by atoms with Gasteiger partial charge in [0, 0.05) is 24.0 Å². The Bertz CT molecular complexity index is 739. The SMILES string of the molecule is CN(C(=O)C(=O)Nc1ccc(C(N)=O)cc1)c1ccc(O)cc1. The van der Waals surface area contributed by atoms with Crippen LogP contribution in [-0.2, 0) is 9.59 Å². The van der Waals surface area contributed by atoms with E-state index in [0.29, 0.717) is 16.9 Å². The van der Waals surface area contributed by atoms with Crippen LogP contribution < -0.4 is 16.0 Å². The number of likely N-dealkylation sites (N-methyl/N-ethyl adjacent to an activating group) is 1. The number of phenols is 1. The first-order chi connectivity index (χ1) is 10.9. The average Bonchev–Trinajstić information content (AvgIpc) is 2.54. The van der Waals surface area contributed by atoms with Crippen LogP contribution in [0.4, 0.5) is 11.4 Å². The first-order valence-electron chi connectivity index (χ1n) is 6.66. The fourth-order valence-corrected chi connectivity index (χ4v) is 1.85. The number of primary amides is 1. The Hall–Kier alpha value is -3.35. The van der Waals surface area contributed by atoms with Crippen molar-refractivity contribution >= 4 is 29.1 Å². The fraction of sp³-hybridized carbons (Fsp3) is 0.0625. The molecule has 4 N–H and O–H groups in total. The number of aromatic hydroxyl groups is 1. The van der Waals surface area contributed by atoms with Crippen LogP contribution >= 0.6 is 0 Å². The van der Waals surface area contributed by atoms with Crippen LogP contribution in [0.1, 0.15) is 10.4 Å². The molecule has 0 aliphatic carbocycles. The smallest absolute Gasteiger partial charge is 0.316 e. The van der Waals surface area contributed by atoms with Gasteiger partial charge in [-0.25, -0.2) is 0 Å². The fourth-order valence-electron chi connectivity index (χ4n) is 1.85. The molecule has 23 heavy (non-hydrogen) atoms. The maximum Gasteiger partial charge on any atom is 0.316 e. The Balaban J connectivity index is 2.05. The summed E-state index contributed by atoms with van der Waals surface area (Å²) in [6, 6.07) is 11.7. The molecule has 0 heterocycles. The summed E-state index contributed by atoms with van der Waals surface area (Å²) >= 11 is 0. The number of benzene rings is 2. The molecule has 7 heteroatoms. The Morgan fingerprint density at radius 1 is 1.00 bits per heavy atom. The molecule has 0 saturated carbocycles. The van der Waals surface area contributed by atoms with Gasteiger partial charge in [0.25, 0.3) is 0 Å². The quantitative estimate of drug-likeness (QED) is 0.736. The van der Waals surface area contributed by atoms with Gasteiger partial charge in [-0.1, -0.05) is 0 Å². The molecule has 0 aromatic heterocycles. The average molecular weight is 313 g/mol. The normalized spacial score (nSPS) is 9.96. The maximum absolute atomic E-state index is 12.1. The molecule has 2 aromatic carbocycles. The third-order valence-electron chi connectivity index (χ3n) is 3.16. The van der Waals surface area contributed by atoms with Gasteiger partial charge in [0.15, 0.2) is 0 Å². The van der Waals surface area contributed by atoms with E-state index in [1.54, 1.807) is 0 Å². The predicted molar refractivity (Wildman–Crippen MR) is 85.1 cm³/mol. The minimum atomic E-state index is -0.826. The molecule has 118 valence electrons. The Labute approximate surface area is 132 Å². The molecule has 0 atom stereocenters. The Kier molecular flexibility index (Phi) is 4.61. The van der Waals surface area contributed by atoms with Gasteiger partial charge in [0.2, 0.25) is 5.91 Å². The van der Waals surface area contributed by atoms with E-state index in [2.05, 4.69) is 5.32 Å². The molecular formula is C16H15N3O4. The van der Waals surface area contributed by atoms with E-state index in [9.17, 15) is 19.5 Å². The van der Waals surface area contributed by atoms with Gasteiger partial charge >= 0.3 is 11.8 Å². The number of nitrogens with zero attached hydrogens (tertiary/aromatic N) is 1. The third-order valence-corrected chi connectivity index (χ3v) is 3.16. The second kappa shape index (κ2) is 6.61. The molecule has 2 aromatic rings. The number of carbonyl (C=O) groups is 3. The summed E-state index contributed by atoms with van der Waals surface area (Å²) in [5.74, 6) is -2.11. The Morgan fingerprint density at radius 3 is 2.09 bits per heavy atom. The summed E-state index contributed by atoms with van der Waals surface area (Å²) in [7, 11) is 1.45. The number of carbonyl (C=O) groups excluding carboxylic acids is 3. The van der Waals surface area contributed by atoms with Crippen molar-refractivity contribution in [2.45, 2.75) is 0 Å². The number of amides is 3. The van der Waals surface area contributed by atoms with Gasteiger partial charge in [-0.2, -0.15) is 0 Å². The lowest BCUT2D eigenvalue weighted by Crippen LogP contribution is -2.37. The van der Waals surface area contributed by atoms with Crippen LogP contribution in [0.25, 0.3) is 0 Å². The molecule has 0 bridgehead atoms. The lowest BCUT2D eigenvalue weighted by molar-refractivity contribution is -0.134. The molecule has 0 spiro atoms. The van der Waals surface area contributed by atoms with Crippen molar-refractivity contribution < 1.29 is 19.5 Å². The highest BCUT2D eigenvalue weighted by Crippen LogP contribution is 2.17. The summed E-state index contributed by atoms with van der Waals surface area (Å²) in [5, 5.41) is 11.7. The van der Waals surface area contributed by atoms with Crippen molar-refractivity contribution in [3.8, 4) is 5.75 Å². The first-order valence-corrected chi connectivity index (χ1v) is 6.66.